The number of hydrogen-bond donors (Lipinski definition) is 3. The van der Waals surface area contributed by atoms with E-state index in [1.807, 2.05) is 30.3 Å². The van der Waals surface area contributed by atoms with Crippen molar-refractivity contribution in [1.82, 2.24) is 29.6 Å². The van der Waals surface area contributed by atoms with Gasteiger partial charge in [0, 0.05) is 19.2 Å². The van der Waals surface area contributed by atoms with Crippen LogP contribution in [0.25, 0.3) is 5.82 Å². The maximum atomic E-state index is 6.06. The first kappa shape index (κ1) is 18.9. The number of para-hydroxylation sites is 2. The van der Waals surface area contributed by atoms with E-state index < -0.39 is 0 Å². The zero-order valence-corrected chi connectivity index (χ0v) is 16.4. The van der Waals surface area contributed by atoms with Crippen LogP contribution in [0.1, 0.15) is 12.8 Å². The molecule has 4 N–H and O–H groups in total. The number of methoxy groups -OCH3 is 1. The van der Waals surface area contributed by atoms with Gasteiger partial charge in [0.1, 0.15) is 17.9 Å². The van der Waals surface area contributed by atoms with Gasteiger partial charge in [-0.15, -0.1) is 5.10 Å². The van der Waals surface area contributed by atoms with E-state index in [0.29, 0.717) is 17.5 Å². The third kappa shape index (κ3) is 4.54. The summed E-state index contributed by atoms with van der Waals surface area (Å²) in [6.07, 6.45) is 4.06. The van der Waals surface area contributed by atoms with Crippen LogP contribution in [0.4, 0.5) is 23.4 Å². The number of anilines is 4. The first-order chi connectivity index (χ1) is 14.2. The molecule has 2 aromatic heterocycles. The molecule has 29 heavy (non-hydrogen) atoms. The maximum absolute atomic E-state index is 6.06. The quantitative estimate of drug-likeness (QED) is 0.525. The summed E-state index contributed by atoms with van der Waals surface area (Å²) in [6, 6.07) is 9.33. The maximum Gasteiger partial charge on any atom is 0.249 e. The van der Waals surface area contributed by atoms with Crippen molar-refractivity contribution in [3.63, 3.8) is 0 Å². The molecular formula is C19H25N9O. The summed E-state index contributed by atoms with van der Waals surface area (Å²) in [4.78, 5) is 15.3. The van der Waals surface area contributed by atoms with Gasteiger partial charge in [0.05, 0.1) is 12.8 Å². The average Bonchev–Trinajstić information content (AvgIpc) is 3.38. The fraction of sp³-hybridized carbons (Fsp3) is 0.368. The highest BCUT2D eigenvalue weighted by Crippen LogP contribution is 2.26. The highest BCUT2D eigenvalue weighted by atomic mass is 16.5. The number of nitrogens with two attached hydrogens (primary N) is 1. The predicted molar refractivity (Wildman–Crippen MR) is 112 cm³/mol. The summed E-state index contributed by atoms with van der Waals surface area (Å²) >= 11 is 0. The van der Waals surface area contributed by atoms with Crippen molar-refractivity contribution in [3.05, 3.63) is 36.7 Å². The molecule has 0 atom stereocenters. The topological polar surface area (TPSA) is 119 Å². The molecule has 3 heterocycles. The smallest absolute Gasteiger partial charge is 0.249 e. The van der Waals surface area contributed by atoms with E-state index >= 15 is 0 Å². The first-order valence-electron chi connectivity index (χ1n) is 9.64. The number of rotatable bonds is 8. The van der Waals surface area contributed by atoms with Gasteiger partial charge in [-0.3, -0.25) is 0 Å². The van der Waals surface area contributed by atoms with Crippen LogP contribution in [0.2, 0.25) is 0 Å². The van der Waals surface area contributed by atoms with Gasteiger partial charge in [0.25, 0.3) is 0 Å². The van der Waals surface area contributed by atoms with E-state index in [0.717, 1.165) is 24.6 Å². The molecule has 0 saturated carbocycles. The van der Waals surface area contributed by atoms with Crippen molar-refractivity contribution in [2.24, 2.45) is 0 Å². The van der Waals surface area contributed by atoms with Gasteiger partial charge in [0.15, 0.2) is 5.82 Å². The molecule has 0 spiro atoms. The Morgan fingerprint density at radius 1 is 1.17 bits per heavy atom. The summed E-state index contributed by atoms with van der Waals surface area (Å²) in [7, 11) is 1.61. The van der Waals surface area contributed by atoms with Gasteiger partial charge in [-0.2, -0.15) is 9.67 Å². The van der Waals surface area contributed by atoms with Gasteiger partial charge >= 0.3 is 0 Å². The molecule has 1 fully saturated rings. The molecule has 3 aromatic rings. The molecule has 1 aliphatic heterocycles. The lowest BCUT2D eigenvalue weighted by Crippen LogP contribution is -2.26. The normalized spacial score (nSPS) is 14.1. The monoisotopic (exact) mass is 395 g/mol. The van der Waals surface area contributed by atoms with Crippen molar-refractivity contribution < 1.29 is 4.74 Å². The van der Waals surface area contributed by atoms with Gasteiger partial charge in [-0.25, -0.2) is 9.97 Å². The Bertz CT molecular complexity index is 952. The van der Waals surface area contributed by atoms with Crippen molar-refractivity contribution >= 4 is 23.4 Å². The van der Waals surface area contributed by atoms with Crippen LogP contribution < -0.4 is 21.1 Å². The number of ether oxygens (including phenoxy) is 1. The molecule has 10 nitrogen and oxygen atoms in total. The van der Waals surface area contributed by atoms with Crippen LogP contribution >= 0.6 is 0 Å². The van der Waals surface area contributed by atoms with Crippen molar-refractivity contribution in [2.45, 2.75) is 12.8 Å². The Morgan fingerprint density at radius 2 is 2.00 bits per heavy atom. The molecule has 0 radical (unpaired) electrons. The molecule has 1 saturated heterocycles. The zero-order chi connectivity index (χ0) is 20.1. The summed E-state index contributed by atoms with van der Waals surface area (Å²) in [5.74, 6) is 2.54. The lowest BCUT2D eigenvalue weighted by Gasteiger charge is -2.15. The SMILES string of the molecule is COc1ccccc1Nc1nc(N)n(-c2cc(NCCN3CCCC3)ncn2)n1. The molecular weight excluding hydrogens is 370 g/mol. The van der Waals surface area contributed by atoms with Crippen LogP contribution in [0.15, 0.2) is 36.7 Å². The summed E-state index contributed by atoms with van der Waals surface area (Å²) < 4.78 is 6.82. The van der Waals surface area contributed by atoms with Crippen LogP contribution in [0, 0.1) is 0 Å². The van der Waals surface area contributed by atoms with Crippen LogP contribution in [-0.2, 0) is 0 Å². The number of nitrogens with one attached hydrogen (secondary N) is 2. The van der Waals surface area contributed by atoms with E-state index in [4.69, 9.17) is 10.5 Å². The minimum atomic E-state index is 0.226. The standard InChI is InChI=1S/C19H25N9O/c1-29-15-7-3-2-6-14(15)24-19-25-18(20)28(26-19)17-12-16(22-13-23-17)21-8-11-27-9-4-5-10-27/h2-3,6-7,12-13H,4-5,8-11H2,1H3,(H,21,22,23)(H3,20,24,25,26). The highest BCUT2D eigenvalue weighted by Gasteiger charge is 2.13. The fourth-order valence-electron chi connectivity index (χ4n) is 3.32. The number of nitrogens with zero attached hydrogens (tertiary/aromatic N) is 6. The Morgan fingerprint density at radius 3 is 2.83 bits per heavy atom. The minimum absolute atomic E-state index is 0.226. The average molecular weight is 395 g/mol. The molecule has 0 amide bonds. The number of hydrogen-bond acceptors (Lipinski definition) is 9. The van der Waals surface area contributed by atoms with Crippen molar-refractivity contribution in [3.8, 4) is 11.6 Å². The van der Waals surface area contributed by atoms with Crippen molar-refractivity contribution in [1.29, 1.82) is 0 Å². The van der Waals surface area contributed by atoms with Crippen LogP contribution in [-0.4, -0.2) is 62.9 Å². The molecule has 0 bridgehead atoms. The molecule has 1 aromatic carbocycles. The lowest BCUT2D eigenvalue weighted by atomic mass is 10.3. The minimum Gasteiger partial charge on any atom is -0.495 e. The Balaban J connectivity index is 1.45. The molecule has 152 valence electrons. The largest absolute Gasteiger partial charge is 0.495 e. The third-order valence-corrected chi connectivity index (χ3v) is 4.79. The van der Waals surface area contributed by atoms with E-state index in [1.54, 1.807) is 7.11 Å². The van der Waals surface area contributed by atoms with Gasteiger partial charge < -0.3 is 26.0 Å². The fourth-order valence-corrected chi connectivity index (χ4v) is 3.32. The van der Waals surface area contributed by atoms with Gasteiger partial charge in [-0.1, -0.05) is 12.1 Å². The summed E-state index contributed by atoms with van der Waals surface area (Å²) in [5, 5.41) is 10.9. The van der Waals surface area contributed by atoms with E-state index in [-0.39, 0.29) is 5.95 Å². The summed E-state index contributed by atoms with van der Waals surface area (Å²) in [6.45, 7) is 4.17. The number of nitrogen functional groups attached to an aromatic ring is 1. The number of aromatic nitrogens is 5. The van der Waals surface area contributed by atoms with E-state index in [1.165, 1.54) is 36.9 Å². The second kappa shape index (κ2) is 8.74. The van der Waals surface area contributed by atoms with Crippen LogP contribution in [0.5, 0.6) is 5.75 Å². The molecule has 1 aliphatic rings. The molecule has 10 heteroatoms. The number of benzene rings is 1. The first-order valence-corrected chi connectivity index (χ1v) is 9.64. The Labute approximate surface area is 169 Å². The molecule has 4 rings (SSSR count). The molecule has 0 aliphatic carbocycles. The lowest BCUT2D eigenvalue weighted by molar-refractivity contribution is 0.352. The predicted octanol–water partition coefficient (Wildman–Crippen LogP) is 1.90. The van der Waals surface area contributed by atoms with Crippen molar-refractivity contribution in [2.75, 3.05) is 49.7 Å². The van der Waals surface area contributed by atoms with Gasteiger partial charge in [-0.05, 0) is 38.1 Å². The number of likely N-dealkylation sites (tertiary alicyclic amines) is 1. The second-order valence-corrected chi connectivity index (χ2v) is 6.77. The van der Waals surface area contributed by atoms with E-state index in [9.17, 15) is 0 Å². The zero-order valence-electron chi connectivity index (χ0n) is 16.4. The molecule has 0 unspecified atom stereocenters. The summed E-state index contributed by atoms with van der Waals surface area (Å²) in [5.41, 5.74) is 6.81. The van der Waals surface area contributed by atoms with Crippen LogP contribution in [0.3, 0.4) is 0 Å². The Kier molecular flexibility index (Phi) is 5.71. The highest BCUT2D eigenvalue weighted by molar-refractivity contribution is 5.63. The third-order valence-electron chi connectivity index (χ3n) is 4.79. The van der Waals surface area contributed by atoms with E-state index in [2.05, 4.69) is 35.6 Å². The Hall–Kier alpha value is -3.40. The second-order valence-electron chi connectivity index (χ2n) is 6.77. The van der Waals surface area contributed by atoms with Gasteiger partial charge in [0.2, 0.25) is 11.9 Å².